The molecule has 5 nitrogen and oxygen atoms in total. The molecule has 0 bridgehead atoms. The molecule has 0 aromatic rings. The molecule has 0 spiro atoms. The summed E-state index contributed by atoms with van der Waals surface area (Å²) in [6.07, 6.45) is 0. The normalized spacial score (nSPS) is 11.5. The standard InChI is InChI=1S/C4H10N2O3.U/c1-9-4(7)3(2-5)6-8;/h3,6,8H,2,5H2,1H3;/t3-;/m1./s1. The molecule has 0 unspecified atom stereocenters. The minimum atomic E-state index is -0.810. The Hall–Kier alpha value is 0.402. The summed E-state index contributed by atoms with van der Waals surface area (Å²) in [5.41, 5.74) is 6.74. The van der Waals surface area contributed by atoms with Crippen LogP contribution in [0.15, 0.2) is 0 Å². The second-order valence-electron chi connectivity index (χ2n) is 1.44. The fourth-order valence-electron chi connectivity index (χ4n) is 0.344. The van der Waals surface area contributed by atoms with Crippen LogP contribution in [0, 0.1) is 31.1 Å². The van der Waals surface area contributed by atoms with Crippen molar-refractivity contribution < 1.29 is 45.9 Å². The molecule has 58 valence electrons. The van der Waals surface area contributed by atoms with Crippen LogP contribution >= 0.6 is 0 Å². The minimum absolute atomic E-state index is 0. The second kappa shape index (κ2) is 7.51. The second-order valence-corrected chi connectivity index (χ2v) is 1.44. The minimum Gasteiger partial charge on any atom is -0.468 e. The van der Waals surface area contributed by atoms with E-state index in [9.17, 15) is 4.79 Å². The number of hydrogen-bond acceptors (Lipinski definition) is 5. The largest absolute Gasteiger partial charge is 0.468 e. The summed E-state index contributed by atoms with van der Waals surface area (Å²) in [6, 6.07) is -0.810. The molecule has 0 radical (unpaired) electrons. The molecule has 0 saturated carbocycles. The monoisotopic (exact) mass is 372 g/mol. The fraction of sp³-hybridized carbons (Fsp3) is 0.750. The summed E-state index contributed by atoms with van der Waals surface area (Å²) in [7, 11) is 1.22. The molecular formula is C4H10N2O3U. The zero-order valence-electron chi connectivity index (χ0n) is 5.63. The van der Waals surface area contributed by atoms with Gasteiger partial charge in [-0.2, -0.15) is 5.48 Å². The van der Waals surface area contributed by atoms with E-state index >= 15 is 0 Å². The maximum atomic E-state index is 10.4. The molecule has 0 aromatic carbocycles. The number of methoxy groups -OCH3 is 1. The third-order valence-corrected chi connectivity index (χ3v) is 0.877. The SMILES string of the molecule is COC(=O)[C@@H](CN)NO.[U]. The van der Waals surface area contributed by atoms with E-state index in [-0.39, 0.29) is 37.7 Å². The molecule has 6 heteroatoms. The molecule has 0 amide bonds. The quantitative estimate of drug-likeness (QED) is 0.414. The van der Waals surface area contributed by atoms with E-state index in [1.807, 2.05) is 0 Å². The van der Waals surface area contributed by atoms with Crippen LogP contribution in [-0.2, 0) is 9.53 Å². The van der Waals surface area contributed by atoms with Gasteiger partial charge in [0.2, 0.25) is 0 Å². The van der Waals surface area contributed by atoms with Crippen LogP contribution in [0.4, 0.5) is 0 Å². The van der Waals surface area contributed by atoms with Gasteiger partial charge >= 0.3 is 5.97 Å². The molecular weight excluding hydrogens is 362 g/mol. The number of nitrogens with two attached hydrogens (primary N) is 1. The van der Waals surface area contributed by atoms with Crippen molar-refractivity contribution in [2.24, 2.45) is 5.73 Å². The molecule has 0 aliphatic carbocycles. The Bertz CT molecular complexity index is 96.5. The van der Waals surface area contributed by atoms with Crippen molar-refractivity contribution in [3.8, 4) is 0 Å². The van der Waals surface area contributed by atoms with Gasteiger partial charge in [-0.05, 0) is 0 Å². The fourth-order valence-corrected chi connectivity index (χ4v) is 0.344. The summed E-state index contributed by atoms with van der Waals surface area (Å²) < 4.78 is 4.25. The van der Waals surface area contributed by atoms with E-state index in [0.717, 1.165) is 0 Å². The molecule has 0 saturated heterocycles. The Morgan fingerprint density at radius 1 is 1.90 bits per heavy atom. The molecule has 0 heterocycles. The molecule has 0 rings (SSSR count). The van der Waals surface area contributed by atoms with E-state index in [0.29, 0.717) is 0 Å². The van der Waals surface area contributed by atoms with E-state index in [4.69, 9.17) is 10.9 Å². The van der Waals surface area contributed by atoms with Gasteiger partial charge in [-0.1, -0.05) is 0 Å². The van der Waals surface area contributed by atoms with Gasteiger partial charge in [0.05, 0.1) is 7.11 Å². The van der Waals surface area contributed by atoms with Crippen molar-refractivity contribution in [2.45, 2.75) is 6.04 Å². The van der Waals surface area contributed by atoms with Gasteiger partial charge in [-0.15, -0.1) is 0 Å². The Labute approximate surface area is 82.6 Å². The summed E-state index contributed by atoms with van der Waals surface area (Å²) in [5.74, 6) is -0.569. The topological polar surface area (TPSA) is 84.6 Å². The number of ether oxygens (including phenoxy) is 1. The van der Waals surface area contributed by atoms with Crippen LogP contribution in [0.25, 0.3) is 0 Å². The van der Waals surface area contributed by atoms with Crippen LogP contribution in [0.1, 0.15) is 0 Å². The van der Waals surface area contributed by atoms with Crippen molar-refractivity contribution in [3.05, 3.63) is 0 Å². The number of nitrogens with one attached hydrogen (secondary N) is 1. The smallest absolute Gasteiger partial charge is 0.326 e. The van der Waals surface area contributed by atoms with E-state index in [1.54, 1.807) is 5.48 Å². The van der Waals surface area contributed by atoms with Crippen LogP contribution in [0.3, 0.4) is 0 Å². The number of hydroxylamine groups is 1. The third kappa shape index (κ3) is 4.25. The van der Waals surface area contributed by atoms with Crippen LogP contribution in [-0.4, -0.2) is 30.9 Å². The van der Waals surface area contributed by atoms with Crippen molar-refractivity contribution in [1.29, 1.82) is 0 Å². The number of hydrogen-bond donors (Lipinski definition) is 3. The maximum Gasteiger partial charge on any atom is 0.326 e. The molecule has 0 aromatic heterocycles. The van der Waals surface area contributed by atoms with Crippen molar-refractivity contribution in [2.75, 3.05) is 13.7 Å². The maximum absolute atomic E-state index is 10.4. The summed E-state index contributed by atoms with van der Waals surface area (Å²) in [5, 5.41) is 8.20. The third-order valence-electron chi connectivity index (χ3n) is 0.877. The molecule has 0 aliphatic heterocycles. The van der Waals surface area contributed by atoms with Crippen molar-refractivity contribution in [3.63, 3.8) is 0 Å². The molecule has 10 heavy (non-hydrogen) atoms. The first-order valence-corrected chi connectivity index (χ1v) is 2.43. The van der Waals surface area contributed by atoms with Crippen LogP contribution < -0.4 is 11.2 Å². The first-order chi connectivity index (χ1) is 4.26. The van der Waals surface area contributed by atoms with Gasteiger partial charge in [0, 0.05) is 37.7 Å². The number of carbonyl (C=O) groups is 1. The molecule has 0 aliphatic rings. The van der Waals surface area contributed by atoms with Gasteiger partial charge < -0.3 is 15.7 Å². The zero-order valence-corrected chi connectivity index (χ0v) is 9.79. The van der Waals surface area contributed by atoms with Gasteiger partial charge in [0.1, 0.15) is 6.04 Å². The predicted molar refractivity (Wildman–Crippen MR) is 29.8 cm³/mol. The average molecular weight is 372 g/mol. The Kier molecular flexibility index (Phi) is 9.78. The first-order valence-electron chi connectivity index (χ1n) is 2.43. The van der Waals surface area contributed by atoms with Crippen molar-refractivity contribution >= 4 is 5.97 Å². The summed E-state index contributed by atoms with van der Waals surface area (Å²) in [4.78, 5) is 10.4. The molecule has 0 fully saturated rings. The van der Waals surface area contributed by atoms with Gasteiger partial charge in [0.15, 0.2) is 0 Å². The zero-order chi connectivity index (χ0) is 7.28. The van der Waals surface area contributed by atoms with E-state index in [1.165, 1.54) is 7.11 Å². The predicted octanol–water partition coefficient (Wildman–Crippen LogP) is -1.53. The Morgan fingerprint density at radius 2 is 2.40 bits per heavy atom. The number of carbonyl (C=O) groups excluding carboxylic acids is 1. The summed E-state index contributed by atoms with van der Waals surface area (Å²) >= 11 is 0. The first kappa shape index (κ1) is 13.0. The van der Waals surface area contributed by atoms with Gasteiger partial charge in [0.25, 0.3) is 0 Å². The summed E-state index contributed by atoms with van der Waals surface area (Å²) in [6.45, 7) is 0.0170. The number of esters is 1. The van der Waals surface area contributed by atoms with E-state index in [2.05, 4.69) is 4.74 Å². The van der Waals surface area contributed by atoms with Crippen LogP contribution in [0.5, 0.6) is 0 Å². The Balaban J connectivity index is 0. The molecule has 1 atom stereocenters. The Morgan fingerprint density at radius 3 is 2.50 bits per heavy atom. The number of rotatable bonds is 3. The molecule has 4 N–H and O–H groups in total. The average Bonchev–Trinajstić information content (AvgIpc) is 1.90. The van der Waals surface area contributed by atoms with Gasteiger partial charge in [-0.3, -0.25) is 4.79 Å². The van der Waals surface area contributed by atoms with E-state index < -0.39 is 12.0 Å². The van der Waals surface area contributed by atoms with Crippen LogP contribution in [0.2, 0.25) is 0 Å². The van der Waals surface area contributed by atoms with Gasteiger partial charge in [-0.25, -0.2) is 0 Å². The van der Waals surface area contributed by atoms with Crippen molar-refractivity contribution in [1.82, 2.24) is 5.48 Å².